The summed E-state index contributed by atoms with van der Waals surface area (Å²) in [6.07, 6.45) is 8.36. The fourth-order valence-corrected chi connectivity index (χ4v) is 3.47. The van der Waals surface area contributed by atoms with Gasteiger partial charge in [-0.3, -0.25) is 9.78 Å². The molecule has 0 saturated carbocycles. The lowest BCUT2D eigenvalue weighted by Gasteiger charge is -2.30. The fourth-order valence-electron chi connectivity index (χ4n) is 3.47. The summed E-state index contributed by atoms with van der Waals surface area (Å²) >= 11 is 0. The summed E-state index contributed by atoms with van der Waals surface area (Å²) in [4.78, 5) is 22.1. The molecule has 3 aromatic rings. The third-order valence-electron chi connectivity index (χ3n) is 5.03. The highest BCUT2D eigenvalue weighted by Gasteiger charge is 2.22. The second kappa shape index (κ2) is 9.33. The number of amides is 1. The van der Waals surface area contributed by atoms with Gasteiger partial charge in [0.1, 0.15) is 0 Å². The van der Waals surface area contributed by atoms with Crippen molar-refractivity contribution in [3.05, 3.63) is 66.1 Å². The molecule has 1 atom stereocenters. The van der Waals surface area contributed by atoms with E-state index in [2.05, 4.69) is 22.1 Å². The summed E-state index contributed by atoms with van der Waals surface area (Å²) in [7, 11) is 0. The van der Waals surface area contributed by atoms with E-state index in [1.807, 2.05) is 37.4 Å². The van der Waals surface area contributed by atoms with Crippen LogP contribution in [0.3, 0.4) is 0 Å². The third-order valence-corrected chi connectivity index (χ3v) is 5.03. The molecule has 0 bridgehead atoms. The summed E-state index contributed by atoms with van der Waals surface area (Å²) in [6, 6.07) is 11.9. The lowest BCUT2D eigenvalue weighted by atomic mass is 10.1. The van der Waals surface area contributed by atoms with Crippen LogP contribution < -0.4 is 0 Å². The first-order valence-electron chi connectivity index (χ1n) is 9.57. The van der Waals surface area contributed by atoms with E-state index in [0.29, 0.717) is 13.0 Å². The van der Waals surface area contributed by atoms with Gasteiger partial charge in [0, 0.05) is 42.5 Å². The van der Waals surface area contributed by atoms with Gasteiger partial charge in [-0.2, -0.15) is 0 Å². The number of aromatic nitrogens is 2. The molecule has 0 unspecified atom stereocenters. The molecule has 0 fully saturated rings. The first-order valence-corrected chi connectivity index (χ1v) is 9.57. The minimum absolute atomic E-state index is 0.0229. The van der Waals surface area contributed by atoms with Crippen LogP contribution in [0.1, 0.15) is 37.3 Å². The van der Waals surface area contributed by atoms with E-state index < -0.39 is 0 Å². The lowest BCUT2D eigenvalue weighted by molar-refractivity contribution is -0.135. The van der Waals surface area contributed by atoms with Crippen LogP contribution in [0.15, 0.2) is 55.0 Å². The van der Waals surface area contributed by atoms with Gasteiger partial charge in [0.05, 0.1) is 12.6 Å². The second-order valence-electron chi connectivity index (χ2n) is 6.84. The Morgan fingerprint density at radius 1 is 1.26 bits per heavy atom. The molecule has 5 nitrogen and oxygen atoms in total. The molecule has 2 heterocycles. The monoisotopic (exact) mass is 365 g/mol. The molecule has 0 aliphatic rings. The van der Waals surface area contributed by atoms with Gasteiger partial charge < -0.3 is 15.0 Å². The maximum atomic E-state index is 12.9. The maximum Gasteiger partial charge on any atom is 0.223 e. The molecule has 3 rings (SSSR count). The Bertz CT molecular complexity index is 856. The molecule has 0 spiro atoms. The van der Waals surface area contributed by atoms with Gasteiger partial charge in [-0.05, 0) is 42.5 Å². The van der Waals surface area contributed by atoms with Crippen LogP contribution >= 0.6 is 0 Å². The zero-order valence-electron chi connectivity index (χ0n) is 15.8. The Kier molecular flexibility index (Phi) is 6.60. The largest absolute Gasteiger partial charge is 0.394 e. The number of aryl methyl sites for hydroxylation is 1. The number of carbonyl (C=O) groups excluding carboxylic acids is 1. The molecule has 1 amide bonds. The number of aliphatic hydroxyl groups excluding tert-OH is 1. The summed E-state index contributed by atoms with van der Waals surface area (Å²) in [5.41, 5.74) is 3.35. The van der Waals surface area contributed by atoms with E-state index in [1.54, 1.807) is 17.3 Å². The number of nitrogens with zero attached hydrogens (tertiary/aromatic N) is 2. The van der Waals surface area contributed by atoms with Crippen LogP contribution in [0.4, 0.5) is 0 Å². The quantitative estimate of drug-likeness (QED) is 0.608. The van der Waals surface area contributed by atoms with Crippen molar-refractivity contribution in [1.82, 2.24) is 14.9 Å². The SMILES string of the molecule is CC[C@H](CO)N(Cc1cccnc1)C(=O)CCCc1c[nH]c2ccccc12. The standard InChI is InChI=1S/C22H27N3O2/c1-2-19(16-26)25(15-17-7-6-12-23-13-17)22(27)11-5-8-18-14-24-21-10-4-3-9-20(18)21/h3-4,6-7,9-10,12-14,19,24,26H,2,5,8,11,15-16H2,1H3/t19-/m1/s1. The number of rotatable bonds is 9. The number of fused-ring (bicyclic) bond motifs is 1. The fraction of sp³-hybridized carbons (Fsp3) is 0.364. The van der Waals surface area contributed by atoms with E-state index in [-0.39, 0.29) is 18.6 Å². The first-order chi connectivity index (χ1) is 13.2. The van der Waals surface area contributed by atoms with Gasteiger partial charge >= 0.3 is 0 Å². The Balaban J connectivity index is 1.63. The van der Waals surface area contributed by atoms with Crippen LogP contribution in [0.5, 0.6) is 0 Å². The Morgan fingerprint density at radius 3 is 2.85 bits per heavy atom. The molecule has 0 aliphatic heterocycles. The number of hydrogen-bond donors (Lipinski definition) is 2. The number of aliphatic hydroxyl groups is 1. The van der Waals surface area contributed by atoms with Crippen molar-refractivity contribution in [1.29, 1.82) is 0 Å². The highest BCUT2D eigenvalue weighted by Crippen LogP contribution is 2.20. The van der Waals surface area contributed by atoms with Crippen molar-refractivity contribution < 1.29 is 9.90 Å². The van der Waals surface area contributed by atoms with Gasteiger partial charge in [0.25, 0.3) is 0 Å². The Morgan fingerprint density at radius 2 is 2.11 bits per heavy atom. The van der Waals surface area contributed by atoms with E-state index in [9.17, 15) is 9.90 Å². The lowest BCUT2D eigenvalue weighted by Crippen LogP contribution is -2.41. The topological polar surface area (TPSA) is 69.2 Å². The van der Waals surface area contributed by atoms with E-state index in [4.69, 9.17) is 0 Å². The summed E-state index contributed by atoms with van der Waals surface area (Å²) < 4.78 is 0. The molecular weight excluding hydrogens is 338 g/mol. The third kappa shape index (κ3) is 4.74. The van der Waals surface area contributed by atoms with E-state index in [0.717, 1.165) is 30.3 Å². The average molecular weight is 365 g/mol. The predicted octanol–water partition coefficient (Wildman–Crippen LogP) is 3.69. The van der Waals surface area contributed by atoms with Crippen molar-refractivity contribution in [2.75, 3.05) is 6.61 Å². The minimum atomic E-state index is -0.161. The molecule has 27 heavy (non-hydrogen) atoms. The highest BCUT2D eigenvalue weighted by molar-refractivity contribution is 5.83. The van der Waals surface area contributed by atoms with Gasteiger partial charge in [-0.1, -0.05) is 31.2 Å². The second-order valence-corrected chi connectivity index (χ2v) is 6.84. The van der Waals surface area contributed by atoms with Crippen LogP contribution in [-0.4, -0.2) is 38.5 Å². The van der Waals surface area contributed by atoms with Gasteiger partial charge in [-0.25, -0.2) is 0 Å². The number of hydrogen-bond acceptors (Lipinski definition) is 3. The number of benzene rings is 1. The average Bonchev–Trinajstić information content (AvgIpc) is 3.12. The molecule has 2 aromatic heterocycles. The van der Waals surface area contributed by atoms with Crippen molar-refractivity contribution in [2.45, 2.75) is 45.2 Å². The maximum absolute atomic E-state index is 12.9. The van der Waals surface area contributed by atoms with Crippen molar-refractivity contribution >= 4 is 16.8 Å². The molecule has 5 heteroatoms. The summed E-state index contributed by atoms with van der Waals surface area (Å²) in [5.74, 6) is 0.0830. The van der Waals surface area contributed by atoms with Crippen LogP contribution in [-0.2, 0) is 17.8 Å². The number of H-pyrrole nitrogens is 1. The number of pyridine rings is 1. The first kappa shape index (κ1) is 19.1. The molecule has 0 radical (unpaired) electrons. The van der Waals surface area contributed by atoms with Gasteiger partial charge in [0.15, 0.2) is 0 Å². The van der Waals surface area contributed by atoms with Crippen molar-refractivity contribution in [3.8, 4) is 0 Å². The number of para-hydroxylation sites is 1. The minimum Gasteiger partial charge on any atom is -0.394 e. The molecular formula is C22H27N3O2. The highest BCUT2D eigenvalue weighted by atomic mass is 16.3. The van der Waals surface area contributed by atoms with Crippen molar-refractivity contribution in [2.24, 2.45) is 0 Å². The number of nitrogens with one attached hydrogen (secondary N) is 1. The van der Waals surface area contributed by atoms with Gasteiger partial charge in [0.2, 0.25) is 5.91 Å². The predicted molar refractivity (Wildman–Crippen MR) is 107 cm³/mol. The summed E-state index contributed by atoms with van der Waals surface area (Å²) in [5, 5.41) is 10.9. The molecule has 2 N–H and O–H groups in total. The normalized spacial score (nSPS) is 12.2. The Labute approximate surface area is 160 Å². The van der Waals surface area contributed by atoms with Gasteiger partial charge in [-0.15, -0.1) is 0 Å². The molecule has 0 aliphatic carbocycles. The molecule has 0 saturated heterocycles. The van der Waals surface area contributed by atoms with E-state index >= 15 is 0 Å². The zero-order chi connectivity index (χ0) is 19.1. The summed E-state index contributed by atoms with van der Waals surface area (Å²) in [6.45, 7) is 2.46. The smallest absolute Gasteiger partial charge is 0.223 e. The number of carbonyl (C=O) groups is 1. The van der Waals surface area contributed by atoms with Crippen molar-refractivity contribution in [3.63, 3.8) is 0 Å². The zero-order valence-corrected chi connectivity index (χ0v) is 15.8. The number of aromatic amines is 1. The van der Waals surface area contributed by atoms with Crippen LogP contribution in [0.2, 0.25) is 0 Å². The van der Waals surface area contributed by atoms with Crippen LogP contribution in [0, 0.1) is 0 Å². The van der Waals surface area contributed by atoms with Crippen LogP contribution in [0.25, 0.3) is 10.9 Å². The Hall–Kier alpha value is -2.66. The molecule has 142 valence electrons. The molecule has 1 aromatic carbocycles. The van der Waals surface area contributed by atoms with E-state index in [1.165, 1.54) is 10.9 Å².